The monoisotopic (exact) mass is 532 g/mol. The number of carbonyl (C=O) groups excluding carboxylic acids is 1. The van der Waals surface area contributed by atoms with Crippen molar-refractivity contribution in [3.8, 4) is 0 Å². The zero-order valence-corrected chi connectivity index (χ0v) is 24.0. The Bertz CT molecular complexity index is 1020. The molecule has 1 aromatic heterocycles. The molecule has 0 aliphatic rings. The van der Waals surface area contributed by atoms with Gasteiger partial charge in [-0.15, -0.1) is 0 Å². The minimum atomic E-state index is -1.19. The minimum Gasteiger partial charge on any atom is -0.465 e. The summed E-state index contributed by atoms with van der Waals surface area (Å²) in [6, 6.07) is 5.61. The van der Waals surface area contributed by atoms with Crippen LogP contribution in [0, 0.1) is 17.3 Å². The number of aliphatic hydroxyl groups is 1. The molecule has 0 radical (unpaired) electrons. The summed E-state index contributed by atoms with van der Waals surface area (Å²) < 4.78 is 7.16. The van der Waals surface area contributed by atoms with Crippen LogP contribution in [0.2, 0.25) is 0 Å². The van der Waals surface area contributed by atoms with E-state index in [1.807, 2.05) is 24.7 Å². The number of nitrogens with zero attached hydrogens (tertiary/aromatic N) is 2. The van der Waals surface area contributed by atoms with E-state index in [0.717, 1.165) is 55.1 Å². The summed E-state index contributed by atoms with van der Waals surface area (Å²) in [4.78, 5) is 24.3. The van der Waals surface area contributed by atoms with Crippen molar-refractivity contribution in [2.75, 3.05) is 20.3 Å². The lowest BCUT2D eigenvalue weighted by atomic mass is 9.82. The Hall–Kier alpha value is -2.65. The highest BCUT2D eigenvalue weighted by Crippen LogP contribution is 2.26. The lowest BCUT2D eigenvalue weighted by Gasteiger charge is -2.31. The van der Waals surface area contributed by atoms with Gasteiger partial charge in [-0.3, -0.25) is 9.48 Å². The van der Waals surface area contributed by atoms with Crippen molar-refractivity contribution in [1.29, 1.82) is 0 Å². The van der Waals surface area contributed by atoms with Crippen molar-refractivity contribution in [2.45, 2.75) is 91.8 Å². The summed E-state index contributed by atoms with van der Waals surface area (Å²) >= 11 is 0. The SMILES string of the molecule is CCCCC(C)(C)C(=O)NC[C@@H](O)[C@H](C[C@@H](Cc1ccc2cnn(CCCOC)c2c1)C(C)C)NC(=O)O. The Kier molecular flexibility index (Phi) is 12.5. The first kappa shape index (κ1) is 31.6. The maximum absolute atomic E-state index is 12.7. The van der Waals surface area contributed by atoms with E-state index in [-0.39, 0.29) is 24.3 Å². The van der Waals surface area contributed by atoms with E-state index in [0.29, 0.717) is 13.0 Å². The molecule has 0 fully saturated rings. The second-order valence-corrected chi connectivity index (χ2v) is 11.4. The van der Waals surface area contributed by atoms with Gasteiger partial charge in [-0.05, 0) is 49.1 Å². The van der Waals surface area contributed by atoms with Gasteiger partial charge in [0, 0.05) is 37.6 Å². The first-order valence-corrected chi connectivity index (χ1v) is 13.9. The lowest BCUT2D eigenvalue weighted by molar-refractivity contribution is -0.130. The molecule has 2 rings (SSSR count). The number of aliphatic hydroxyl groups excluding tert-OH is 1. The number of hydrogen-bond acceptors (Lipinski definition) is 5. The molecule has 0 spiro atoms. The molecule has 0 unspecified atom stereocenters. The van der Waals surface area contributed by atoms with Gasteiger partial charge in [-0.1, -0.05) is 59.6 Å². The van der Waals surface area contributed by atoms with Gasteiger partial charge in [0.05, 0.1) is 23.9 Å². The van der Waals surface area contributed by atoms with Gasteiger partial charge >= 0.3 is 6.09 Å². The Labute approximate surface area is 227 Å². The van der Waals surface area contributed by atoms with Crippen LogP contribution in [0.15, 0.2) is 24.4 Å². The van der Waals surface area contributed by atoms with Crippen LogP contribution in [0.25, 0.3) is 10.9 Å². The number of hydrogen-bond donors (Lipinski definition) is 4. The van der Waals surface area contributed by atoms with E-state index in [9.17, 15) is 19.8 Å². The van der Waals surface area contributed by atoms with Gasteiger partial charge in [0.1, 0.15) is 0 Å². The molecule has 4 N–H and O–H groups in total. The maximum atomic E-state index is 12.7. The summed E-state index contributed by atoms with van der Waals surface area (Å²) in [5.41, 5.74) is 1.66. The molecule has 214 valence electrons. The van der Waals surface area contributed by atoms with E-state index in [1.54, 1.807) is 7.11 Å². The van der Waals surface area contributed by atoms with Gasteiger partial charge in [0.25, 0.3) is 0 Å². The second kappa shape index (κ2) is 15.1. The number of aryl methyl sites for hydroxylation is 1. The molecule has 0 saturated carbocycles. The molecule has 0 saturated heterocycles. The first-order chi connectivity index (χ1) is 18.0. The number of ether oxygens (including phenoxy) is 1. The molecule has 2 aromatic rings. The third-order valence-electron chi connectivity index (χ3n) is 7.44. The fourth-order valence-electron chi connectivity index (χ4n) is 4.78. The number of benzene rings is 1. The number of methoxy groups -OCH3 is 1. The molecule has 3 atom stereocenters. The Balaban J connectivity index is 2.12. The summed E-state index contributed by atoms with van der Waals surface area (Å²) in [5, 5.41) is 31.3. The topological polar surface area (TPSA) is 126 Å². The zero-order chi connectivity index (χ0) is 28.3. The number of fused-ring (bicyclic) bond motifs is 1. The molecule has 1 heterocycles. The Morgan fingerprint density at radius 3 is 2.58 bits per heavy atom. The highest BCUT2D eigenvalue weighted by Gasteiger charge is 2.30. The predicted octanol–water partition coefficient (Wildman–Crippen LogP) is 4.61. The molecule has 9 heteroatoms. The van der Waals surface area contributed by atoms with Gasteiger partial charge in [-0.25, -0.2) is 4.79 Å². The number of carbonyl (C=O) groups is 2. The molecule has 2 amide bonds. The van der Waals surface area contributed by atoms with E-state index < -0.39 is 23.7 Å². The average Bonchev–Trinajstić information content (AvgIpc) is 3.26. The number of nitrogens with one attached hydrogen (secondary N) is 2. The molecule has 1 aromatic carbocycles. The smallest absolute Gasteiger partial charge is 0.404 e. The summed E-state index contributed by atoms with van der Waals surface area (Å²) in [6.45, 7) is 11.5. The highest BCUT2D eigenvalue weighted by atomic mass is 16.5. The van der Waals surface area contributed by atoms with Crippen molar-refractivity contribution in [3.05, 3.63) is 30.0 Å². The first-order valence-electron chi connectivity index (χ1n) is 13.9. The largest absolute Gasteiger partial charge is 0.465 e. The van der Waals surface area contributed by atoms with Crippen LogP contribution < -0.4 is 10.6 Å². The number of amides is 2. The van der Waals surface area contributed by atoms with Crippen LogP contribution in [0.5, 0.6) is 0 Å². The molecule has 0 aliphatic heterocycles. The van der Waals surface area contributed by atoms with E-state index >= 15 is 0 Å². The van der Waals surface area contributed by atoms with Gasteiger partial charge in [-0.2, -0.15) is 5.10 Å². The van der Waals surface area contributed by atoms with E-state index in [2.05, 4.69) is 54.7 Å². The summed E-state index contributed by atoms with van der Waals surface area (Å²) in [6.07, 6.45) is 4.41. The number of rotatable bonds is 17. The number of carboxylic acid groups (broad SMARTS) is 1. The lowest BCUT2D eigenvalue weighted by Crippen LogP contribution is -2.50. The third-order valence-corrected chi connectivity index (χ3v) is 7.44. The molecule has 0 aliphatic carbocycles. The summed E-state index contributed by atoms with van der Waals surface area (Å²) in [7, 11) is 1.69. The van der Waals surface area contributed by atoms with Crippen LogP contribution in [0.1, 0.15) is 72.3 Å². The molecule has 9 nitrogen and oxygen atoms in total. The van der Waals surface area contributed by atoms with Gasteiger partial charge < -0.3 is 25.6 Å². The van der Waals surface area contributed by atoms with Crippen molar-refractivity contribution in [1.82, 2.24) is 20.4 Å². The van der Waals surface area contributed by atoms with Crippen LogP contribution in [0.4, 0.5) is 4.79 Å². The molecule has 38 heavy (non-hydrogen) atoms. The van der Waals surface area contributed by atoms with Crippen molar-refractivity contribution in [2.24, 2.45) is 17.3 Å². The standard InChI is InChI=1S/C29H48N4O5/c1-7-8-12-29(4,5)27(35)30-19-26(34)24(32-28(36)37)17-23(20(2)3)15-21-10-11-22-18-31-33(25(22)16-21)13-9-14-38-6/h10-11,16,18,20,23-24,26,32,34H,7-9,12-15,17,19H2,1-6H3,(H,30,35)(H,36,37)/t23-,24+,26-/m1/s1. The van der Waals surface area contributed by atoms with Crippen LogP contribution in [0.3, 0.4) is 0 Å². The highest BCUT2D eigenvalue weighted by molar-refractivity contribution is 5.81. The average molecular weight is 533 g/mol. The zero-order valence-electron chi connectivity index (χ0n) is 24.0. The Morgan fingerprint density at radius 2 is 1.95 bits per heavy atom. The quantitative estimate of drug-likeness (QED) is 0.221. The number of aromatic nitrogens is 2. The van der Waals surface area contributed by atoms with Crippen molar-refractivity contribution >= 4 is 22.9 Å². The van der Waals surface area contributed by atoms with Crippen LogP contribution >= 0.6 is 0 Å². The van der Waals surface area contributed by atoms with Gasteiger partial charge in [0.15, 0.2) is 0 Å². The van der Waals surface area contributed by atoms with E-state index in [4.69, 9.17) is 4.74 Å². The fourth-order valence-corrected chi connectivity index (χ4v) is 4.78. The maximum Gasteiger partial charge on any atom is 0.404 e. The Morgan fingerprint density at radius 1 is 1.21 bits per heavy atom. The molecular weight excluding hydrogens is 484 g/mol. The summed E-state index contributed by atoms with van der Waals surface area (Å²) in [5.74, 6) is 0.237. The minimum absolute atomic E-state index is 0.00321. The normalized spacial score (nSPS) is 14.4. The van der Waals surface area contributed by atoms with Crippen LogP contribution in [-0.2, 0) is 22.5 Å². The number of unbranched alkanes of at least 4 members (excludes halogenated alkanes) is 1. The predicted molar refractivity (Wildman–Crippen MR) is 150 cm³/mol. The van der Waals surface area contributed by atoms with Crippen LogP contribution in [-0.4, -0.2) is 64.4 Å². The molecular formula is C29H48N4O5. The molecule has 0 bridgehead atoms. The van der Waals surface area contributed by atoms with E-state index in [1.165, 1.54) is 0 Å². The fraction of sp³-hybridized carbons (Fsp3) is 0.690. The third kappa shape index (κ3) is 9.58. The van der Waals surface area contributed by atoms with Gasteiger partial charge in [0.2, 0.25) is 5.91 Å². The second-order valence-electron chi connectivity index (χ2n) is 11.4. The van der Waals surface area contributed by atoms with Crippen molar-refractivity contribution < 1.29 is 24.5 Å². The van der Waals surface area contributed by atoms with Crippen molar-refractivity contribution in [3.63, 3.8) is 0 Å².